The molecule has 0 bridgehead atoms. The number of hydrogen-bond donors (Lipinski definition) is 1. The smallest absolute Gasteiger partial charge is 0.127 e. The highest BCUT2D eigenvalue weighted by Gasteiger charge is 2.20. The second-order valence-corrected chi connectivity index (χ2v) is 5.00. The summed E-state index contributed by atoms with van der Waals surface area (Å²) in [4.78, 5) is 0. The molecule has 0 unspecified atom stereocenters. The molecule has 0 spiro atoms. The maximum absolute atomic E-state index is 13.4. The maximum Gasteiger partial charge on any atom is 0.127 e. The van der Waals surface area contributed by atoms with E-state index in [2.05, 4.69) is 5.32 Å². The summed E-state index contributed by atoms with van der Waals surface area (Å²) >= 11 is 11.1. The third-order valence-electron chi connectivity index (χ3n) is 2.60. The van der Waals surface area contributed by atoms with Gasteiger partial charge in [0.2, 0.25) is 0 Å². The highest BCUT2D eigenvalue weighted by atomic mass is 35.5. The molecule has 0 atom stereocenters. The van der Waals surface area contributed by atoms with Crippen LogP contribution in [0.25, 0.3) is 0 Å². The number of halogens is 3. The standard InChI is InChI=1S/C13H14Cl2FNO/c14-6-10(15)8-18-13-4-9(3-11(16)5-13)7-17-12-1-2-12/h3-6,12,17H,1-2,7-8H2/b10-6-. The van der Waals surface area contributed by atoms with Crippen molar-refractivity contribution in [3.05, 3.63) is 40.1 Å². The van der Waals surface area contributed by atoms with Crippen LogP contribution in [0.2, 0.25) is 0 Å². The van der Waals surface area contributed by atoms with Crippen LogP contribution in [-0.2, 0) is 6.54 Å². The van der Waals surface area contributed by atoms with E-state index in [1.54, 1.807) is 6.07 Å². The van der Waals surface area contributed by atoms with Gasteiger partial charge in [0, 0.05) is 24.2 Å². The predicted molar refractivity (Wildman–Crippen MR) is 71.5 cm³/mol. The lowest BCUT2D eigenvalue weighted by Crippen LogP contribution is -2.15. The van der Waals surface area contributed by atoms with Crippen molar-refractivity contribution in [1.82, 2.24) is 5.32 Å². The van der Waals surface area contributed by atoms with Crippen molar-refractivity contribution >= 4 is 23.2 Å². The predicted octanol–water partition coefficient (Wildman–Crippen LogP) is 3.78. The first-order valence-corrected chi connectivity index (χ1v) is 6.59. The molecule has 1 aromatic rings. The van der Waals surface area contributed by atoms with Gasteiger partial charge in [-0.25, -0.2) is 4.39 Å². The van der Waals surface area contributed by atoms with Crippen molar-refractivity contribution in [2.75, 3.05) is 6.61 Å². The number of hydrogen-bond acceptors (Lipinski definition) is 2. The van der Waals surface area contributed by atoms with Crippen LogP contribution in [0.1, 0.15) is 18.4 Å². The van der Waals surface area contributed by atoms with Crippen LogP contribution in [0.15, 0.2) is 28.8 Å². The number of rotatable bonds is 6. The summed E-state index contributed by atoms with van der Waals surface area (Å²) in [7, 11) is 0. The zero-order valence-electron chi connectivity index (χ0n) is 9.76. The minimum absolute atomic E-state index is 0.143. The van der Waals surface area contributed by atoms with Crippen LogP contribution in [0.4, 0.5) is 4.39 Å². The van der Waals surface area contributed by atoms with Gasteiger partial charge in [-0.3, -0.25) is 0 Å². The summed E-state index contributed by atoms with van der Waals surface area (Å²) in [5.74, 6) is 0.144. The SMILES string of the molecule is Fc1cc(CNC2CC2)cc(OC/C(Cl)=C/Cl)c1. The van der Waals surface area contributed by atoms with E-state index in [4.69, 9.17) is 27.9 Å². The summed E-state index contributed by atoms with van der Waals surface area (Å²) in [6.45, 7) is 0.794. The van der Waals surface area contributed by atoms with Crippen molar-refractivity contribution in [1.29, 1.82) is 0 Å². The third-order valence-corrected chi connectivity index (χ3v) is 3.19. The molecule has 2 rings (SSSR count). The van der Waals surface area contributed by atoms with Crippen molar-refractivity contribution in [3.8, 4) is 5.75 Å². The number of ether oxygens (including phenoxy) is 1. The summed E-state index contributed by atoms with van der Waals surface area (Å²) in [6.07, 6.45) is 2.41. The molecule has 0 saturated heterocycles. The summed E-state index contributed by atoms with van der Waals surface area (Å²) < 4.78 is 18.7. The van der Waals surface area contributed by atoms with Gasteiger partial charge < -0.3 is 10.1 Å². The summed E-state index contributed by atoms with van der Waals surface area (Å²) in [5, 5.41) is 3.70. The molecule has 18 heavy (non-hydrogen) atoms. The summed E-state index contributed by atoms with van der Waals surface area (Å²) in [5.41, 5.74) is 2.10. The second kappa shape index (κ2) is 6.41. The van der Waals surface area contributed by atoms with Gasteiger partial charge in [-0.2, -0.15) is 0 Å². The Balaban J connectivity index is 1.95. The molecule has 0 amide bonds. The molecule has 98 valence electrons. The van der Waals surface area contributed by atoms with Crippen LogP contribution in [0, 0.1) is 5.82 Å². The molecule has 5 heteroatoms. The van der Waals surface area contributed by atoms with Gasteiger partial charge >= 0.3 is 0 Å². The molecular formula is C13H14Cl2FNO. The van der Waals surface area contributed by atoms with Crippen LogP contribution >= 0.6 is 23.2 Å². The van der Waals surface area contributed by atoms with E-state index in [-0.39, 0.29) is 12.4 Å². The molecule has 1 N–H and O–H groups in total. The van der Waals surface area contributed by atoms with Gasteiger partial charge in [-0.15, -0.1) is 0 Å². The highest BCUT2D eigenvalue weighted by Crippen LogP contribution is 2.21. The van der Waals surface area contributed by atoms with Crippen molar-refractivity contribution < 1.29 is 9.13 Å². The maximum atomic E-state index is 13.4. The van der Waals surface area contributed by atoms with E-state index in [0.29, 0.717) is 23.4 Å². The van der Waals surface area contributed by atoms with Gasteiger partial charge in [0.15, 0.2) is 0 Å². The lowest BCUT2D eigenvalue weighted by Gasteiger charge is -2.08. The van der Waals surface area contributed by atoms with Crippen LogP contribution in [-0.4, -0.2) is 12.6 Å². The van der Waals surface area contributed by atoms with Crippen molar-refractivity contribution in [3.63, 3.8) is 0 Å². The Morgan fingerprint density at radius 1 is 1.44 bits per heavy atom. The Hall–Kier alpha value is -0.770. The Morgan fingerprint density at radius 3 is 2.89 bits per heavy atom. The average molecular weight is 290 g/mol. The fourth-order valence-corrected chi connectivity index (χ4v) is 1.66. The zero-order valence-corrected chi connectivity index (χ0v) is 11.3. The fraction of sp³-hybridized carbons (Fsp3) is 0.385. The Kier molecular flexibility index (Phi) is 4.87. The molecule has 1 saturated carbocycles. The molecule has 0 aromatic heterocycles. The minimum atomic E-state index is -0.314. The van der Waals surface area contributed by atoms with E-state index in [9.17, 15) is 4.39 Å². The molecule has 2 nitrogen and oxygen atoms in total. The molecule has 1 aromatic carbocycles. The largest absolute Gasteiger partial charge is 0.488 e. The minimum Gasteiger partial charge on any atom is -0.488 e. The van der Waals surface area contributed by atoms with Crippen molar-refractivity contribution in [2.45, 2.75) is 25.4 Å². The average Bonchev–Trinajstić information content (AvgIpc) is 3.17. The molecule has 0 heterocycles. The molecular weight excluding hydrogens is 276 g/mol. The van der Waals surface area contributed by atoms with Gasteiger partial charge in [0.05, 0.1) is 5.03 Å². The lowest BCUT2D eigenvalue weighted by molar-refractivity contribution is 0.356. The molecule has 0 radical (unpaired) electrons. The normalized spacial score (nSPS) is 15.8. The lowest BCUT2D eigenvalue weighted by atomic mass is 10.2. The van der Waals surface area contributed by atoms with Gasteiger partial charge in [0.1, 0.15) is 18.2 Å². The fourth-order valence-electron chi connectivity index (χ4n) is 1.54. The van der Waals surface area contributed by atoms with Crippen molar-refractivity contribution in [2.24, 2.45) is 0 Å². The Bertz CT molecular complexity index is 447. The first-order valence-electron chi connectivity index (χ1n) is 5.78. The second-order valence-electron chi connectivity index (χ2n) is 4.30. The van der Waals surface area contributed by atoms with Gasteiger partial charge in [-0.05, 0) is 30.5 Å². The van der Waals surface area contributed by atoms with Gasteiger partial charge in [-0.1, -0.05) is 23.2 Å². The Labute approximate surface area is 116 Å². The number of nitrogens with one attached hydrogen (secondary N) is 1. The molecule has 1 aliphatic rings. The topological polar surface area (TPSA) is 21.3 Å². The quantitative estimate of drug-likeness (QED) is 0.861. The molecule has 1 fully saturated rings. The highest BCUT2D eigenvalue weighted by molar-refractivity contribution is 6.36. The number of benzene rings is 1. The third kappa shape index (κ3) is 4.48. The van der Waals surface area contributed by atoms with Crippen LogP contribution < -0.4 is 10.1 Å². The van der Waals surface area contributed by atoms with E-state index < -0.39 is 0 Å². The zero-order chi connectivity index (χ0) is 13.0. The first-order chi connectivity index (χ1) is 8.67. The van der Waals surface area contributed by atoms with E-state index >= 15 is 0 Å². The van der Waals surface area contributed by atoms with Crippen LogP contribution in [0.3, 0.4) is 0 Å². The molecule has 1 aliphatic carbocycles. The summed E-state index contributed by atoms with van der Waals surface area (Å²) in [6, 6.07) is 5.23. The van der Waals surface area contributed by atoms with E-state index in [1.165, 1.54) is 30.5 Å². The Morgan fingerprint density at radius 2 is 2.22 bits per heavy atom. The van der Waals surface area contributed by atoms with Gasteiger partial charge in [0.25, 0.3) is 0 Å². The monoisotopic (exact) mass is 289 g/mol. The molecule has 0 aliphatic heterocycles. The van der Waals surface area contributed by atoms with E-state index in [1.807, 2.05) is 0 Å². The first kappa shape index (κ1) is 13.7. The van der Waals surface area contributed by atoms with E-state index in [0.717, 1.165) is 5.56 Å². The van der Waals surface area contributed by atoms with Crippen LogP contribution in [0.5, 0.6) is 5.75 Å².